The molecule has 1 aliphatic carbocycles. The van der Waals surface area contributed by atoms with Gasteiger partial charge >= 0.3 is 0 Å². The molecule has 22 heavy (non-hydrogen) atoms. The Morgan fingerprint density at radius 3 is 2.50 bits per heavy atom. The van der Waals surface area contributed by atoms with E-state index in [4.69, 9.17) is 0 Å². The van der Waals surface area contributed by atoms with Crippen LogP contribution in [0.15, 0.2) is 18.2 Å². The third kappa shape index (κ3) is 3.05. The summed E-state index contributed by atoms with van der Waals surface area (Å²) in [7, 11) is 0. The third-order valence-electron chi connectivity index (χ3n) is 5.43. The normalized spacial score (nSPS) is 27.5. The number of carbonyl (C=O) groups is 1. The van der Waals surface area contributed by atoms with Crippen LogP contribution in [-0.4, -0.2) is 18.0 Å². The smallest absolute Gasteiger partial charge is 0.241 e. The van der Waals surface area contributed by atoms with Crippen LogP contribution in [0.3, 0.4) is 0 Å². The van der Waals surface area contributed by atoms with E-state index in [2.05, 4.69) is 42.7 Å². The van der Waals surface area contributed by atoms with E-state index in [-0.39, 0.29) is 11.9 Å². The van der Waals surface area contributed by atoms with Gasteiger partial charge in [0.25, 0.3) is 0 Å². The summed E-state index contributed by atoms with van der Waals surface area (Å²) in [4.78, 5) is 12.7. The molecule has 1 saturated carbocycles. The summed E-state index contributed by atoms with van der Waals surface area (Å²) in [6.07, 6.45) is 8.07. The summed E-state index contributed by atoms with van der Waals surface area (Å²) in [6, 6.07) is 6.89. The quantitative estimate of drug-likeness (QED) is 0.891. The van der Waals surface area contributed by atoms with Gasteiger partial charge < -0.3 is 10.6 Å². The number of nitrogens with one attached hydrogen (secondary N) is 2. The minimum Gasteiger partial charge on any atom is -0.324 e. The first-order valence-corrected chi connectivity index (χ1v) is 8.90. The lowest BCUT2D eigenvalue weighted by Crippen LogP contribution is -2.40. The number of fused-ring (bicyclic) bond motifs is 1. The van der Waals surface area contributed by atoms with E-state index in [0.29, 0.717) is 12.0 Å². The van der Waals surface area contributed by atoms with Gasteiger partial charge in [-0.05, 0) is 49.1 Å². The second-order valence-corrected chi connectivity index (χ2v) is 6.75. The molecule has 0 aromatic heterocycles. The predicted molar refractivity (Wildman–Crippen MR) is 91.1 cm³/mol. The second-order valence-electron chi connectivity index (χ2n) is 6.75. The molecule has 2 aliphatic rings. The highest BCUT2D eigenvalue weighted by Gasteiger charge is 2.38. The number of amides is 1. The zero-order valence-corrected chi connectivity index (χ0v) is 13.8. The first-order valence-electron chi connectivity index (χ1n) is 8.90. The molecule has 1 amide bonds. The van der Waals surface area contributed by atoms with Crippen molar-refractivity contribution >= 4 is 11.6 Å². The Hall–Kier alpha value is -1.35. The van der Waals surface area contributed by atoms with Gasteiger partial charge in [-0.25, -0.2) is 0 Å². The lowest BCUT2D eigenvalue weighted by molar-refractivity contribution is -0.117. The molecule has 1 heterocycles. The van der Waals surface area contributed by atoms with E-state index in [1.54, 1.807) is 0 Å². The Morgan fingerprint density at radius 2 is 1.86 bits per heavy atom. The topological polar surface area (TPSA) is 41.1 Å². The molecule has 3 nitrogen and oxygen atoms in total. The highest BCUT2D eigenvalue weighted by Crippen LogP contribution is 2.34. The molecule has 2 fully saturated rings. The van der Waals surface area contributed by atoms with Crippen LogP contribution < -0.4 is 10.6 Å². The molecule has 3 unspecified atom stereocenters. The van der Waals surface area contributed by atoms with Crippen molar-refractivity contribution in [2.45, 2.75) is 70.9 Å². The van der Waals surface area contributed by atoms with Crippen LogP contribution in [0.1, 0.15) is 57.1 Å². The number of rotatable bonds is 4. The van der Waals surface area contributed by atoms with Crippen LogP contribution in [0.25, 0.3) is 0 Å². The van der Waals surface area contributed by atoms with Gasteiger partial charge in [-0.1, -0.05) is 44.9 Å². The molecule has 1 aromatic rings. The SMILES string of the molecule is CCc1cccc(CC)c1NC(=O)C1CC2CCCCC2N1. The Labute approximate surface area is 133 Å². The van der Waals surface area contributed by atoms with Crippen molar-refractivity contribution in [2.75, 3.05) is 5.32 Å². The standard InChI is InChI=1S/C19H28N2O/c1-3-13-9-7-10-14(4-2)18(13)21-19(22)17-12-15-8-5-6-11-16(15)20-17/h7,9-10,15-17,20H,3-6,8,11-12H2,1-2H3,(H,21,22). The third-order valence-corrected chi connectivity index (χ3v) is 5.43. The number of hydrogen-bond donors (Lipinski definition) is 2. The van der Waals surface area contributed by atoms with E-state index in [1.807, 2.05) is 0 Å². The van der Waals surface area contributed by atoms with Gasteiger partial charge in [0.2, 0.25) is 5.91 Å². The van der Waals surface area contributed by atoms with Crippen LogP contribution in [0.5, 0.6) is 0 Å². The van der Waals surface area contributed by atoms with Gasteiger partial charge in [0.15, 0.2) is 0 Å². The second kappa shape index (κ2) is 6.82. The highest BCUT2D eigenvalue weighted by atomic mass is 16.2. The Kier molecular flexibility index (Phi) is 4.82. The van der Waals surface area contributed by atoms with E-state index >= 15 is 0 Å². The van der Waals surface area contributed by atoms with Gasteiger partial charge in [0, 0.05) is 11.7 Å². The zero-order valence-electron chi connectivity index (χ0n) is 13.8. The van der Waals surface area contributed by atoms with Crippen molar-refractivity contribution < 1.29 is 4.79 Å². The van der Waals surface area contributed by atoms with Crippen LogP contribution in [0, 0.1) is 5.92 Å². The molecule has 120 valence electrons. The minimum atomic E-state index is -0.0114. The van der Waals surface area contributed by atoms with Crippen LogP contribution >= 0.6 is 0 Å². The van der Waals surface area contributed by atoms with Crippen molar-refractivity contribution in [3.05, 3.63) is 29.3 Å². The molecule has 0 bridgehead atoms. The van der Waals surface area contributed by atoms with Crippen molar-refractivity contribution in [2.24, 2.45) is 5.92 Å². The van der Waals surface area contributed by atoms with Crippen LogP contribution in [0.4, 0.5) is 5.69 Å². The Balaban J connectivity index is 1.72. The van der Waals surface area contributed by atoms with Gasteiger partial charge in [-0.2, -0.15) is 0 Å². The molecule has 3 atom stereocenters. The fraction of sp³-hybridized carbons (Fsp3) is 0.632. The number of para-hydroxylation sites is 1. The van der Waals surface area contributed by atoms with Crippen molar-refractivity contribution in [3.8, 4) is 0 Å². The van der Waals surface area contributed by atoms with E-state index in [9.17, 15) is 4.79 Å². The van der Waals surface area contributed by atoms with Gasteiger partial charge in [-0.3, -0.25) is 4.79 Å². The first kappa shape index (κ1) is 15.5. The monoisotopic (exact) mass is 300 g/mol. The fourth-order valence-electron chi connectivity index (χ4n) is 4.13. The molecule has 1 aromatic carbocycles. The highest BCUT2D eigenvalue weighted by molar-refractivity contribution is 5.96. The zero-order chi connectivity index (χ0) is 15.5. The molecular weight excluding hydrogens is 272 g/mol. The Morgan fingerprint density at radius 1 is 1.18 bits per heavy atom. The van der Waals surface area contributed by atoms with E-state index in [1.165, 1.54) is 36.8 Å². The summed E-state index contributed by atoms with van der Waals surface area (Å²) >= 11 is 0. The largest absolute Gasteiger partial charge is 0.324 e. The average molecular weight is 300 g/mol. The summed E-state index contributed by atoms with van der Waals surface area (Å²) in [5, 5.41) is 6.81. The Bertz CT molecular complexity index is 504. The van der Waals surface area contributed by atoms with E-state index in [0.717, 1.165) is 24.9 Å². The summed E-state index contributed by atoms with van der Waals surface area (Å²) < 4.78 is 0. The summed E-state index contributed by atoms with van der Waals surface area (Å²) in [6.45, 7) is 4.29. The molecule has 0 spiro atoms. The van der Waals surface area contributed by atoms with Crippen molar-refractivity contribution in [1.29, 1.82) is 0 Å². The minimum absolute atomic E-state index is 0.0114. The molecule has 1 saturated heterocycles. The maximum atomic E-state index is 12.7. The molecule has 0 radical (unpaired) electrons. The summed E-state index contributed by atoms with van der Waals surface area (Å²) in [5.41, 5.74) is 3.53. The fourth-order valence-corrected chi connectivity index (χ4v) is 4.13. The molecule has 3 rings (SSSR count). The molecule has 1 aliphatic heterocycles. The van der Waals surface area contributed by atoms with Crippen molar-refractivity contribution in [3.63, 3.8) is 0 Å². The number of carbonyl (C=O) groups excluding carboxylic acids is 1. The first-order chi connectivity index (χ1) is 10.7. The van der Waals surface area contributed by atoms with Gasteiger partial charge in [0.1, 0.15) is 0 Å². The average Bonchev–Trinajstić information content (AvgIpc) is 2.99. The van der Waals surface area contributed by atoms with Crippen LogP contribution in [0.2, 0.25) is 0 Å². The number of hydrogen-bond acceptors (Lipinski definition) is 2. The lowest BCUT2D eigenvalue weighted by atomic mass is 9.85. The van der Waals surface area contributed by atoms with Gasteiger partial charge in [-0.15, -0.1) is 0 Å². The van der Waals surface area contributed by atoms with Gasteiger partial charge in [0.05, 0.1) is 6.04 Å². The lowest BCUT2D eigenvalue weighted by Gasteiger charge is -2.24. The molecular formula is C19H28N2O. The van der Waals surface area contributed by atoms with Crippen LogP contribution in [-0.2, 0) is 17.6 Å². The maximum absolute atomic E-state index is 12.7. The summed E-state index contributed by atoms with van der Waals surface area (Å²) in [5.74, 6) is 0.863. The molecule has 3 heteroatoms. The van der Waals surface area contributed by atoms with E-state index < -0.39 is 0 Å². The molecule has 2 N–H and O–H groups in total. The van der Waals surface area contributed by atoms with Crippen molar-refractivity contribution in [1.82, 2.24) is 5.32 Å². The predicted octanol–water partition coefficient (Wildman–Crippen LogP) is 3.67. The number of benzene rings is 1. The number of anilines is 1. The maximum Gasteiger partial charge on any atom is 0.241 e. The number of aryl methyl sites for hydroxylation is 2.